The van der Waals surface area contributed by atoms with Crippen LogP contribution in [0.15, 0.2) is 52.9 Å². The maximum Gasteiger partial charge on any atom is 0.228 e. The van der Waals surface area contributed by atoms with Crippen molar-refractivity contribution in [1.82, 2.24) is 0 Å². The van der Waals surface area contributed by atoms with Crippen molar-refractivity contribution in [3.05, 3.63) is 70.4 Å². The van der Waals surface area contributed by atoms with Gasteiger partial charge in [0.25, 0.3) is 0 Å². The van der Waals surface area contributed by atoms with Crippen molar-refractivity contribution in [2.75, 3.05) is 0 Å². The number of alkyl halides is 1. The molecule has 20 heavy (non-hydrogen) atoms. The first kappa shape index (κ1) is 13.4. The standard InChI is InChI=1S/C16H10BrClO2/c17-9-13-12-8-11(18)6-7-14(12)20-16(13)15(19)10-4-2-1-3-5-10/h1-8H,9H2. The van der Waals surface area contributed by atoms with Gasteiger partial charge in [-0.25, -0.2) is 0 Å². The summed E-state index contributed by atoms with van der Waals surface area (Å²) >= 11 is 9.43. The largest absolute Gasteiger partial charge is 0.452 e. The molecule has 1 aromatic heterocycles. The number of carbonyl (C=O) groups is 1. The van der Waals surface area contributed by atoms with Gasteiger partial charge in [-0.1, -0.05) is 57.9 Å². The SMILES string of the molecule is O=C(c1ccccc1)c1oc2ccc(Cl)cc2c1CBr. The van der Waals surface area contributed by atoms with E-state index >= 15 is 0 Å². The van der Waals surface area contributed by atoms with E-state index in [1.807, 2.05) is 24.3 Å². The summed E-state index contributed by atoms with van der Waals surface area (Å²) in [5.74, 6) is 0.248. The van der Waals surface area contributed by atoms with Crippen molar-refractivity contribution in [2.45, 2.75) is 5.33 Å². The van der Waals surface area contributed by atoms with Crippen LogP contribution in [0, 0.1) is 0 Å². The highest BCUT2D eigenvalue weighted by atomic mass is 79.9. The lowest BCUT2D eigenvalue weighted by Crippen LogP contribution is -2.01. The summed E-state index contributed by atoms with van der Waals surface area (Å²) < 4.78 is 5.72. The summed E-state index contributed by atoms with van der Waals surface area (Å²) in [6.07, 6.45) is 0. The van der Waals surface area contributed by atoms with E-state index in [1.54, 1.807) is 24.3 Å². The number of ketones is 1. The normalized spacial score (nSPS) is 10.9. The average molecular weight is 350 g/mol. The molecule has 1 heterocycles. The molecule has 0 saturated carbocycles. The van der Waals surface area contributed by atoms with Crippen LogP contribution < -0.4 is 0 Å². The lowest BCUT2D eigenvalue weighted by atomic mass is 10.1. The van der Waals surface area contributed by atoms with Crippen molar-refractivity contribution in [1.29, 1.82) is 0 Å². The second-order valence-electron chi connectivity index (χ2n) is 4.38. The number of fused-ring (bicyclic) bond motifs is 1. The lowest BCUT2D eigenvalue weighted by molar-refractivity contribution is 0.101. The van der Waals surface area contributed by atoms with Gasteiger partial charge in [-0.05, 0) is 18.2 Å². The first-order valence-electron chi connectivity index (χ1n) is 6.07. The highest BCUT2D eigenvalue weighted by Crippen LogP contribution is 2.31. The van der Waals surface area contributed by atoms with Gasteiger partial charge in [-0.2, -0.15) is 0 Å². The second-order valence-corrected chi connectivity index (χ2v) is 5.38. The summed E-state index contributed by atoms with van der Waals surface area (Å²) in [4.78, 5) is 12.5. The Kier molecular flexibility index (Phi) is 3.64. The van der Waals surface area contributed by atoms with Gasteiger partial charge in [-0.3, -0.25) is 4.79 Å². The Morgan fingerprint density at radius 3 is 2.60 bits per heavy atom. The Morgan fingerprint density at radius 1 is 1.15 bits per heavy atom. The fraction of sp³-hybridized carbons (Fsp3) is 0.0625. The molecule has 4 heteroatoms. The Labute approximate surface area is 129 Å². The summed E-state index contributed by atoms with van der Waals surface area (Å²) in [5, 5.41) is 2.03. The first-order chi connectivity index (χ1) is 9.70. The first-order valence-corrected chi connectivity index (χ1v) is 7.57. The third-order valence-electron chi connectivity index (χ3n) is 3.13. The molecule has 0 atom stereocenters. The van der Waals surface area contributed by atoms with E-state index in [-0.39, 0.29) is 5.78 Å². The quantitative estimate of drug-likeness (QED) is 0.480. The van der Waals surface area contributed by atoms with Gasteiger partial charge in [-0.15, -0.1) is 0 Å². The van der Waals surface area contributed by atoms with Crippen LogP contribution in [0.4, 0.5) is 0 Å². The molecule has 0 aliphatic heterocycles. The molecule has 0 aliphatic carbocycles. The highest BCUT2D eigenvalue weighted by Gasteiger charge is 2.21. The predicted octanol–water partition coefficient (Wildman–Crippen LogP) is 5.21. The van der Waals surface area contributed by atoms with Gasteiger partial charge in [0.05, 0.1) is 0 Å². The van der Waals surface area contributed by atoms with Crippen LogP contribution in [0.1, 0.15) is 21.7 Å². The third kappa shape index (κ3) is 2.28. The van der Waals surface area contributed by atoms with Crippen molar-refractivity contribution >= 4 is 44.3 Å². The van der Waals surface area contributed by atoms with Gasteiger partial charge in [0.15, 0.2) is 5.76 Å². The number of halogens is 2. The van der Waals surface area contributed by atoms with Crippen LogP contribution in [0.25, 0.3) is 11.0 Å². The Morgan fingerprint density at radius 2 is 1.90 bits per heavy atom. The fourth-order valence-electron chi connectivity index (χ4n) is 2.16. The zero-order valence-electron chi connectivity index (χ0n) is 10.4. The summed E-state index contributed by atoms with van der Waals surface area (Å²) in [5.41, 5.74) is 2.11. The summed E-state index contributed by atoms with van der Waals surface area (Å²) in [7, 11) is 0. The van der Waals surface area contributed by atoms with E-state index in [4.69, 9.17) is 16.0 Å². The zero-order valence-corrected chi connectivity index (χ0v) is 12.7. The molecule has 2 aromatic carbocycles. The summed E-state index contributed by atoms with van der Waals surface area (Å²) in [6.45, 7) is 0. The van der Waals surface area contributed by atoms with Gasteiger partial charge < -0.3 is 4.42 Å². The average Bonchev–Trinajstić information content (AvgIpc) is 2.85. The fourth-order valence-corrected chi connectivity index (χ4v) is 2.89. The van der Waals surface area contributed by atoms with Gasteiger partial charge in [0, 0.05) is 26.9 Å². The predicted molar refractivity (Wildman–Crippen MR) is 83.7 cm³/mol. The van der Waals surface area contributed by atoms with Crippen LogP contribution in [-0.2, 0) is 5.33 Å². The molecule has 0 bridgehead atoms. The van der Waals surface area contributed by atoms with E-state index in [2.05, 4.69) is 15.9 Å². The monoisotopic (exact) mass is 348 g/mol. The molecule has 0 unspecified atom stereocenters. The third-order valence-corrected chi connectivity index (χ3v) is 3.92. The van der Waals surface area contributed by atoms with Crippen LogP contribution in [0.3, 0.4) is 0 Å². The topological polar surface area (TPSA) is 30.2 Å². The van der Waals surface area contributed by atoms with Crippen LogP contribution in [0.2, 0.25) is 5.02 Å². The van der Waals surface area contributed by atoms with E-state index < -0.39 is 0 Å². The number of hydrogen-bond acceptors (Lipinski definition) is 2. The maximum absolute atomic E-state index is 12.5. The molecular formula is C16H10BrClO2. The second kappa shape index (κ2) is 5.43. The lowest BCUT2D eigenvalue weighted by Gasteiger charge is -1.99. The number of carbonyl (C=O) groups excluding carboxylic acids is 1. The van der Waals surface area contributed by atoms with E-state index in [9.17, 15) is 4.79 Å². The summed E-state index contributed by atoms with van der Waals surface area (Å²) in [6, 6.07) is 14.5. The molecule has 0 radical (unpaired) electrons. The van der Waals surface area contributed by atoms with Crippen molar-refractivity contribution in [3.8, 4) is 0 Å². The molecule has 0 N–H and O–H groups in total. The molecule has 0 fully saturated rings. The number of hydrogen-bond donors (Lipinski definition) is 0. The smallest absolute Gasteiger partial charge is 0.228 e. The molecule has 0 amide bonds. The zero-order chi connectivity index (χ0) is 14.1. The Bertz CT molecular complexity index is 778. The molecule has 0 spiro atoms. The molecule has 3 aromatic rings. The highest BCUT2D eigenvalue weighted by molar-refractivity contribution is 9.08. The van der Waals surface area contributed by atoms with Crippen LogP contribution >= 0.6 is 27.5 Å². The van der Waals surface area contributed by atoms with Crippen molar-refractivity contribution < 1.29 is 9.21 Å². The minimum absolute atomic E-state index is 0.118. The minimum Gasteiger partial charge on any atom is -0.452 e. The Hall–Kier alpha value is -1.58. The molecule has 3 rings (SSSR count). The van der Waals surface area contributed by atoms with Gasteiger partial charge >= 0.3 is 0 Å². The molecule has 0 aliphatic rings. The van der Waals surface area contributed by atoms with Crippen LogP contribution in [-0.4, -0.2) is 5.78 Å². The van der Waals surface area contributed by atoms with Gasteiger partial charge in [0.2, 0.25) is 5.78 Å². The van der Waals surface area contributed by atoms with E-state index in [0.717, 1.165) is 10.9 Å². The van der Waals surface area contributed by atoms with Crippen LogP contribution in [0.5, 0.6) is 0 Å². The molecule has 100 valence electrons. The van der Waals surface area contributed by atoms with Crippen molar-refractivity contribution in [3.63, 3.8) is 0 Å². The molecule has 0 saturated heterocycles. The molecular weight excluding hydrogens is 340 g/mol. The number of rotatable bonds is 3. The number of benzene rings is 2. The molecule has 2 nitrogen and oxygen atoms in total. The minimum atomic E-state index is -0.118. The van der Waals surface area contributed by atoms with Crippen molar-refractivity contribution in [2.24, 2.45) is 0 Å². The Balaban J connectivity index is 2.19. The van der Waals surface area contributed by atoms with E-state index in [1.165, 1.54) is 0 Å². The van der Waals surface area contributed by atoms with E-state index in [0.29, 0.717) is 27.3 Å². The van der Waals surface area contributed by atoms with Gasteiger partial charge in [0.1, 0.15) is 5.58 Å². The number of furan rings is 1. The maximum atomic E-state index is 12.5.